The molecule has 0 unspecified atom stereocenters. The molecule has 3 aromatic heterocycles. The Labute approximate surface area is 166 Å². The van der Waals surface area contributed by atoms with Crippen molar-refractivity contribution >= 4 is 44.7 Å². The zero-order valence-corrected chi connectivity index (χ0v) is 17.0. The van der Waals surface area contributed by atoms with Crippen LogP contribution in [-0.2, 0) is 0 Å². The summed E-state index contributed by atoms with van der Waals surface area (Å²) in [6, 6.07) is 7.74. The van der Waals surface area contributed by atoms with Crippen LogP contribution in [-0.4, -0.2) is 53.8 Å². The molecule has 4 rings (SSSR count). The molecule has 4 heterocycles. The maximum Gasteiger partial charge on any atom is 0.263 e. The van der Waals surface area contributed by atoms with Crippen LogP contribution in [0.25, 0.3) is 10.2 Å². The highest BCUT2D eigenvalue weighted by Gasteiger charge is 2.31. The van der Waals surface area contributed by atoms with Gasteiger partial charge in [-0.1, -0.05) is 12.1 Å². The largest absolute Gasteiger partial charge is 0.344 e. The van der Waals surface area contributed by atoms with Gasteiger partial charge in [0.15, 0.2) is 0 Å². The van der Waals surface area contributed by atoms with Crippen LogP contribution in [0.5, 0.6) is 0 Å². The van der Waals surface area contributed by atoms with E-state index >= 15 is 0 Å². The predicted molar refractivity (Wildman–Crippen MR) is 110 cm³/mol. The van der Waals surface area contributed by atoms with Crippen LogP contribution in [0.2, 0.25) is 0 Å². The van der Waals surface area contributed by atoms with Crippen molar-refractivity contribution in [3.05, 3.63) is 51.2 Å². The lowest BCUT2D eigenvalue weighted by atomic mass is 9.88. The van der Waals surface area contributed by atoms with Gasteiger partial charge in [-0.15, -0.1) is 22.7 Å². The van der Waals surface area contributed by atoms with E-state index in [-0.39, 0.29) is 17.7 Å². The van der Waals surface area contributed by atoms with Crippen LogP contribution in [0, 0.1) is 0 Å². The van der Waals surface area contributed by atoms with Gasteiger partial charge in [0.05, 0.1) is 9.75 Å². The van der Waals surface area contributed by atoms with E-state index in [2.05, 4.69) is 4.98 Å². The first-order valence-corrected chi connectivity index (χ1v) is 10.7. The fraction of sp³-hybridized carbons (Fsp3) is 0.350. The Kier molecular flexibility index (Phi) is 4.97. The summed E-state index contributed by atoms with van der Waals surface area (Å²) >= 11 is 2.94. The molecule has 5 nitrogen and oxygen atoms in total. The van der Waals surface area contributed by atoms with E-state index < -0.39 is 0 Å². The minimum atomic E-state index is 0.00899. The van der Waals surface area contributed by atoms with Crippen LogP contribution in [0.3, 0.4) is 0 Å². The fourth-order valence-corrected chi connectivity index (χ4v) is 5.61. The summed E-state index contributed by atoms with van der Waals surface area (Å²) in [4.78, 5) is 36.1. The summed E-state index contributed by atoms with van der Waals surface area (Å²) in [6.45, 7) is 1.41. The summed E-state index contributed by atoms with van der Waals surface area (Å²) in [5.74, 6) is 0.252. The molecule has 0 spiro atoms. The number of pyridine rings is 1. The molecule has 0 aromatic carbocycles. The van der Waals surface area contributed by atoms with Crippen molar-refractivity contribution in [3.8, 4) is 0 Å². The lowest BCUT2D eigenvalue weighted by molar-refractivity contribution is 0.0712. The van der Waals surface area contributed by atoms with Crippen LogP contribution in [0.4, 0.5) is 0 Å². The van der Waals surface area contributed by atoms with Crippen molar-refractivity contribution in [1.29, 1.82) is 0 Å². The Hall–Kier alpha value is -2.25. The van der Waals surface area contributed by atoms with E-state index in [1.165, 1.54) is 22.7 Å². The highest BCUT2D eigenvalue weighted by Crippen LogP contribution is 2.39. The van der Waals surface area contributed by atoms with Gasteiger partial charge < -0.3 is 9.80 Å². The standard InChI is InChI=1S/C20H21N3O2S2/c1-22(2)20(25)17-16(14-7-3-9-21-18(14)27-17)13-6-4-10-23(12-13)19(24)15-8-5-11-26-15/h3,5,7-9,11,13H,4,6,10,12H2,1-2H3/t13-/m0/s1. The topological polar surface area (TPSA) is 53.5 Å². The molecule has 0 aliphatic carbocycles. The Morgan fingerprint density at radius 1 is 1.26 bits per heavy atom. The molecule has 27 heavy (non-hydrogen) atoms. The zero-order valence-electron chi connectivity index (χ0n) is 15.3. The molecule has 1 saturated heterocycles. The van der Waals surface area contributed by atoms with Crippen LogP contribution >= 0.6 is 22.7 Å². The number of piperidine rings is 1. The molecular weight excluding hydrogens is 378 g/mol. The zero-order chi connectivity index (χ0) is 19.0. The number of thiophene rings is 2. The number of hydrogen-bond donors (Lipinski definition) is 0. The van der Waals surface area contributed by atoms with Crippen molar-refractivity contribution in [3.63, 3.8) is 0 Å². The van der Waals surface area contributed by atoms with Gasteiger partial charge in [0.25, 0.3) is 11.8 Å². The Balaban J connectivity index is 1.71. The number of fused-ring (bicyclic) bond motifs is 1. The van der Waals surface area contributed by atoms with Crippen molar-refractivity contribution in [2.75, 3.05) is 27.2 Å². The van der Waals surface area contributed by atoms with Crippen LogP contribution < -0.4 is 0 Å². The molecule has 1 aliphatic heterocycles. The average molecular weight is 400 g/mol. The number of carbonyl (C=O) groups is 2. The van der Waals surface area contributed by atoms with Crippen LogP contribution in [0.1, 0.15) is 43.7 Å². The smallest absolute Gasteiger partial charge is 0.263 e. The van der Waals surface area contributed by atoms with Gasteiger partial charge in [0.2, 0.25) is 0 Å². The molecule has 140 valence electrons. The van der Waals surface area contributed by atoms with E-state index in [0.717, 1.165) is 44.9 Å². The maximum atomic E-state index is 12.8. The van der Waals surface area contributed by atoms with E-state index in [1.54, 1.807) is 25.2 Å². The molecule has 1 atom stereocenters. The summed E-state index contributed by atoms with van der Waals surface area (Å²) in [6.07, 6.45) is 3.68. The Bertz CT molecular complexity index is 978. The second-order valence-corrected chi connectivity index (χ2v) is 8.91. The minimum absolute atomic E-state index is 0.00899. The molecule has 7 heteroatoms. The fourth-order valence-electron chi connectivity index (χ4n) is 3.67. The molecule has 1 fully saturated rings. The monoisotopic (exact) mass is 399 g/mol. The third-order valence-corrected chi connectivity index (χ3v) is 6.93. The first-order chi connectivity index (χ1) is 13.1. The molecular formula is C20H21N3O2S2. The third-order valence-electron chi connectivity index (χ3n) is 4.95. The van der Waals surface area contributed by atoms with Gasteiger partial charge in [-0.25, -0.2) is 4.98 Å². The second-order valence-electron chi connectivity index (χ2n) is 6.97. The second kappa shape index (κ2) is 7.40. The summed E-state index contributed by atoms with van der Waals surface area (Å²) in [7, 11) is 3.55. The minimum Gasteiger partial charge on any atom is -0.344 e. The van der Waals surface area contributed by atoms with Gasteiger partial charge in [-0.3, -0.25) is 9.59 Å². The highest BCUT2D eigenvalue weighted by atomic mass is 32.1. The van der Waals surface area contributed by atoms with Crippen molar-refractivity contribution in [1.82, 2.24) is 14.8 Å². The van der Waals surface area contributed by atoms with E-state index in [0.29, 0.717) is 6.54 Å². The van der Waals surface area contributed by atoms with Gasteiger partial charge in [0, 0.05) is 44.7 Å². The van der Waals surface area contributed by atoms with Crippen LogP contribution in [0.15, 0.2) is 35.8 Å². The highest BCUT2D eigenvalue weighted by molar-refractivity contribution is 7.20. The summed E-state index contributed by atoms with van der Waals surface area (Å²) in [5.41, 5.74) is 1.06. The first kappa shape index (κ1) is 18.1. The lowest BCUT2D eigenvalue weighted by Crippen LogP contribution is -2.39. The predicted octanol–water partition coefficient (Wildman–Crippen LogP) is 4.08. The number of likely N-dealkylation sites (tertiary alicyclic amines) is 1. The molecule has 0 N–H and O–H groups in total. The van der Waals surface area contributed by atoms with Crippen molar-refractivity contribution in [2.24, 2.45) is 0 Å². The Morgan fingerprint density at radius 2 is 2.11 bits per heavy atom. The molecule has 3 aromatic rings. The number of aromatic nitrogens is 1. The number of amides is 2. The number of hydrogen-bond acceptors (Lipinski definition) is 5. The van der Waals surface area contributed by atoms with Gasteiger partial charge in [-0.05, 0) is 35.9 Å². The van der Waals surface area contributed by atoms with E-state index in [1.807, 2.05) is 34.5 Å². The third kappa shape index (κ3) is 3.37. The summed E-state index contributed by atoms with van der Waals surface area (Å²) < 4.78 is 0. The number of carbonyl (C=O) groups excluding carboxylic acids is 2. The number of nitrogens with zero attached hydrogens (tertiary/aromatic N) is 3. The van der Waals surface area contributed by atoms with Gasteiger partial charge >= 0.3 is 0 Å². The van der Waals surface area contributed by atoms with Crippen molar-refractivity contribution in [2.45, 2.75) is 18.8 Å². The Morgan fingerprint density at radius 3 is 2.85 bits per heavy atom. The molecule has 0 bridgehead atoms. The quantitative estimate of drug-likeness (QED) is 0.667. The molecule has 0 saturated carbocycles. The van der Waals surface area contributed by atoms with E-state index in [9.17, 15) is 9.59 Å². The van der Waals surface area contributed by atoms with Gasteiger partial charge in [0.1, 0.15) is 4.83 Å². The van der Waals surface area contributed by atoms with Gasteiger partial charge in [-0.2, -0.15) is 0 Å². The first-order valence-electron chi connectivity index (χ1n) is 8.98. The molecule has 2 amide bonds. The number of rotatable bonds is 3. The SMILES string of the molecule is CN(C)C(=O)c1sc2ncccc2c1[C@H]1CCCN(C(=O)c2cccs2)C1. The molecule has 1 aliphatic rings. The van der Waals surface area contributed by atoms with Crippen molar-refractivity contribution < 1.29 is 9.59 Å². The lowest BCUT2D eigenvalue weighted by Gasteiger charge is -2.33. The molecule has 0 radical (unpaired) electrons. The normalized spacial score (nSPS) is 17.3. The van der Waals surface area contributed by atoms with E-state index in [4.69, 9.17) is 0 Å². The summed E-state index contributed by atoms with van der Waals surface area (Å²) in [5, 5.41) is 2.98. The maximum absolute atomic E-state index is 12.8. The average Bonchev–Trinajstić information content (AvgIpc) is 3.34.